The molecule has 0 spiro atoms. The third kappa shape index (κ3) is 3.34. The minimum absolute atomic E-state index is 0.172. The Kier molecular flexibility index (Phi) is 4.06. The van der Waals surface area contributed by atoms with E-state index in [1.54, 1.807) is 0 Å². The van der Waals surface area contributed by atoms with Crippen LogP contribution in [-0.2, 0) is 4.74 Å². The Balaban J connectivity index is 1.74. The van der Waals surface area contributed by atoms with Crippen molar-refractivity contribution in [2.24, 2.45) is 0 Å². The first kappa shape index (κ1) is 15.9. The van der Waals surface area contributed by atoms with Crippen molar-refractivity contribution in [2.45, 2.75) is 70.1 Å². The fourth-order valence-corrected chi connectivity index (χ4v) is 3.92. The van der Waals surface area contributed by atoms with Crippen molar-refractivity contribution in [1.29, 1.82) is 5.26 Å². The second kappa shape index (κ2) is 5.88. The summed E-state index contributed by atoms with van der Waals surface area (Å²) in [6.45, 7) is 5.73. The van der Waals surface area contributed by atoms with Crippen LogP contribution in [0.4, 0.5) is 4.79 Å². The van der Waals surface area contributed by atoms with Crippen LogP contribution in [0.3, 0.4) is 0 Å². The van der Waals surface area contributed by atoms with Crippen LogP contribution in [0.25, 0.3) is 0 Å². The van der Waals surface area contributed by atoms with Gasteiger partial charge in [-0.25, -0.2) is 4.79 Å². The van der Waals surface area contributed by atoms with Crippen molar-refractivity contribution in [3.8, 4) is 6.07 Å². The Morgan fingerprint density at radius 2 is 1.91 bits per heavy atom. The van der Waals surface area contributed by atoms with Gasteiger partial charge in [-0.2, -0.15) is 5.26 Å². The molecule has 4 nitrogen and oxygen atoms in total. The molecule has 0 saturated carbocycles. The molecule has 2 unspecified atom stereocenters. The van der Waals surface area contributed by atoms with Gasteiger partial charge in [-0.3, -0.25) is 0 Å². The van der Waals surface area contributed by atoms with E-state index >= 15 is 0 Å². The quantitative estimate of drug-likeness (QED) is 0.780. The lowest BCUT2D eigenvalue weighted by atomic mass is 9.85. The fraction of sp³-hybridized carbons (Fsp3) is 0.579. The molecule has 4 heteroatoms. The summed E-state index contributed by atoms with van der Waals surface area (Å²) in [5, 5.41) is 9.08. The number of hydrogen-bond acceptors (Lipinski definition) is 3. The molecule has 2 saturated heterocycles. The largest absolute Gasteiger partial charge is 0.444 e. The number of carbonyl (C=O) groups excluding carboxylic acids is 1. The molecular formula is C19H24N2O2. The van der Waals surface area contributed by atoms with E-state index in [1.165, 1.54) is 5.56 Å². The molecule has 0 radical (unpaired) electrons. The Morgan fingerprint density at radius 1 is 1.26 bits per heavy atom. The van der Waals surface area contributed by atoms with E-state index in [1.807, 2.05) is 43.9 Å². The maximum absolute atomic E-state index is 12.5. The summed E-state index contributed by atoms with van der Waals surface area (Å²) in [5.74, 6) is 0.430. The number of carbonyl (C=O) groups is 1. The summed E-state index contributed by atoms with van der Waals surface area (Å²) in [5.41, 5.74) is 1.49. The number of hydrogen-bond donors (Lipinski definition) is 0. The van der Waals surface area contributed by atoms with Crippen LogP contribution in [0.2, 0.25) is 0 Å². The van der Waals surface area contributed by atoms with Crippen molar-refractivity contribution < 1.29 is 9.53 Å². The highest BCUT2D eigenvalue weighted by Gasteiger charge is 2.45. The van der Waals surface area contributed by atoms with E-state index in [9.17, 15) is 4.79 Å². The number of nitriles is 1. The van der Waals surface area contributed by atoms with Gasteiger partial charge >= 0.3 is 6.09 Å². The first-order valence-electron chi connectivity index (χ1n) is 8.39. The van der Waals surface area contributed by atoms with Gasteiger partial charge in [-0.05, 0) is 70.1 Å². The molecule has 2 aliphatic heterocycles. The molecule has 2 fully saturated rings. The van der Waals surface area contributed by atoms with E-state index in [4.69, 9.17) is 10.00 Å². The SMILES string of the molecule is CC(C)(C)OC(=O)N1C2CCC1CC(c1cccc(C#N)c1)C2. The normalized spacial score (nSPS) is 26.7. The molecule has 0 aromatic heterocycles. The lowest BCUT2D eigenvalue weighted by molar-refractivity contribution is 0.00584. The Hall–Kier alpha value is -2.02. The molecule has 122 valence electrons. The van der Waals surface area contributed by atoms with Gasteiger partial charge in [0.15, 0.2) is 0 Å². The summed E-state index contributed by atoms with van der Waals surface area (Å²) >= 11 is 0. The highest BCUT2D eigenvalue weighted by atomic mass is 16.6. The minimum Gasteiger partial charge on any atom is -0.444 e. The molecule has 0 N–H and O–H groups in total. The van der Waals surface area contributed by atoms with Crippen LogP contribution >= 0.6 is 0 Å². The summed E-state index contributed by atoms with van der Waals surface area (Å²) < 4.78 is 5.58. The predicted octanol–water partition coefficient (Wildman–Crippen LogP) is 4.20. The zero-order valence-electron chi connectivity index (χ0n) is 14.1. The van der Waals surface area contributed by atoms with Crippen LogP contribution in [-0.4, -0.2) is 28.7 Å². The van der Waals surface area contributed by atoms with Gasteiger partial charge in [0.05, 0.1) is 11.6 Å². The van der Waals surface area contributed by atoms with E-state index in [0.29, 0.717) is 11.5 Å². The van der Waals surface area contributed by atoms with Gasteiger partial charge < -0.3 is 9.64 Å². The Morgan fingerprint density at radius 3 is 2.48 bits per heavy atom. The summed E-state index contributed by atoms with van der Waals surface area (Å²) in [6, 6.07) is 10.6. The lowest BCUT2D eigenvalue weighted by Crippen LogP contribution is -2.48. The second-order valence-corrected chi connectivity index (χ2v) is 7.68. The van der Waals surface area contributed by atoms with E-state index in [-0.39, 0.29) is 18.2 Å². The number of fused-ring (bicyclic) bond motifs is 2. The third-order valence-corrected chi connectivity index (χ3v) is 4.82. The number of nitrogens with zero attached hydrogens (tertiary/aromatic N) is 2. The average molecular weight is 312 g/mol. The molecule has 1 aromatic rings. The van der Waals surface area contributed by atoms with Gasteiger partial charge in [0, 0.05) is 12.1 Å². The van der Waals surface area contributed by atoms with Crippen molar-refractivity contribution in [3.63, 3.8) is 0 Å². The molecule has 23 heavy (non-hydrogen) atoms. The average Bonchev–Trinajstić information content (AvgIpc) is 2.76. The smallest absolute Gasteiger partial charge is 0.410 e. The maximum Gasteiger partial charge on any atom is 0.410 e. The number of ether oxygens (including phenoxy) is 1. The predicted molar refractivity (Wildman–Crippen MR) is 88.0 cm³/mol. The molecule has 2 aliphatic rings. The minimum atomic E-state index is -0.450. The second-order valence-electron chi connectivity index (χ2n) is 7.68. The van der Waals surface area contributed by atoms with Crippen LogP contribution in [0, 0.1) is 11.3 Å². The standard InChI is InChI=1S/C19H24N2O2/c1-19(2,3)23-18(22)21-16-7-8-17(21)11-15(10-16)14-6-4-5-13(9-14)12-20/h4-6,9,15-17H,7-8,10-11H2,1-3H3. The summed E-state index contributed by atoms with van der Waals surface area (Å²) in [6.07, 6.45) is 3.86. The van der Waals surface area contributed by atoms with Gasteiger partial charge in [0.2, 0.25) is 0 Å². The molecule has 1 amide bonds. The van der Waals surface area contributed by atoms with Gasteiger partial charge in [-0.15, -0.1) is 0 Å². The molecule has 0 aliphatic carbocycles. The van der Waals surface area contributed by atoms with E-state index < -0.39 is 5.60 Å². The highest BCUT2D eigenvalue weighted by Crippen LogP contribution is 2.43. The maximum atomic E-state index is 12.5. The van der Waals surface area contributed by atoms with E-state index in [2.05, 4.69) is 12.1 Å². The number of piperidine rings is 1. The zero-order chi connectivity index (χ0) is 16.6. The van der Waals surface area contributed by atoms with Crippen molar-refractivity contribution in [3.05, 3.63) is 35.4 Å². The first-order valence-corrected chi connectivity index (χ1v) is 8.39. The number of rotatable bonds is 1. The van der Waals surface area contributed by atoms with Crippen molar-refractivity contribution in [1.82, 2.24) is 4.90 Å². The summed E-state index contributed by atoms with van der Waals surface area (Å²) in [4.78, 5) is 14.4. The van der Waals surface area contributed by atoms with Gasteiger partial charge in [0.1, 0.15) is 5.60 Å². The fourth-order valence-electron chi connectivity index (χ4n) is 3.92. The third-order valence-electron chi connectivity index (χ3n) is 4.82. The number of amides is 1. The molecule has 2 bridgehead atoms. The lowest BCUT2D eigenvalue weighted by Gasteiger charge is -2.39. The Bertz CT molecular complexity index is 628. The van der Waals surface area contributed by atoms with Crippen molar-refractivity contribution >= 4 is 6.09 Å². The zero-order valence-corrected chi connectivity index (χ0v) is 14.1. The van der Waals surface area contributed by atoms with Crippen LogP contribution in [0.5, 0.6) is 0 Å². The monoisotopic (exact) mass is 312 g/mol. The van der Waals surface area contributed by atoms with Crippen LogP contribution in [0.15, 0.2) is 24.3 Å². The molecule has 1 aromatic carbocycles. The van der Waals surface area contributed by atoms with Gasteiger partial charge in [0.25, 0.3) is 0 Å². The number of benzene rings is 1. The molecule has 2 atom stereocenters. The first-order chi connectivity index (χ1) is 10.9. The van der Waals surface area contributed by atoms with Crippen LogP contribution < -0.4 is 0 Å². The topological polar surface area (TPSA) is 53.3 Å². The molecular weight excluding hydrogens is 288 g/mol. The molecule has 3 rings (SSSR count). The highest BCUT2D eigenvalue weighted by molar-refractivity contribution is 5.69. The Labute approximate surface area is 138 Å². The van der Waals surface area contributed by atoms with Crippen LogP contribution in [0.1, 0.15) is 63.5 Å². The summed E-state index contributed by atoms with van der Waals surface area (Å²) in [7, 11) is 0. The van der Waals surface area contributed by atoms with E-state index in [0.717, 1.165) is 25.7 Å². The van der Waals surface area contributed by atoms with Gasteiger partial charge in [-0.1, -0.05) is 12.1 Å². The molecule has 2 heterocycles. The van der Waals surface area contributed by atoms with Crippen molar-refractivity contribution in [2.75, 3.05) is 0 Å².